The number of ether oxygens (including phenoxy) is 1. The van der Waals surface area contributed by atoms with Gasteiger partial charge in [-0.2, -0.15) is 0 Å². The van der Waals surface area contributed by atoms with Gasteiger partial charge in [0.25, 0.3) is 11.8 Å². The van der Waals surface area contributed by atoms with E-state index in [9.17, 15) is 14.4 Å². The molecule has 31 heavy (non-hydrogen) atoms. The van der Waals surface area contributed by atoms with E-state index in [-0.39, 0.29) is 24.3 Å². The van der Waals surface area contributed by atoms with Gasteiger partial charge in [-0.1, -0.05) is 6.07 Å². The first-order chi connectivity index (χ1) is 15.1. The van der Waals surface area contributed by atoms with E-state index >= 15 is 0 Å². The van der Waals surface area contributed by atoms with Crippen molar-refractivity contribution in [1.29, 1.82) is 0 Å². The second-order valence-corrected chi connectivity index (χ2v) is 6.98. The smallest absolute Gasteiger partial charge is 0.262 e. The second kappa shape index (κ2) is 9.08. The third kappa shape index (κ3) is 5.24. The Balaban J connectivity index is 1.32. The highest BCUT2D eigenvalue weighted by Crippen LogP contribution is 2.26. The number of amides is 3. The van der Waals surface area contributed by atoms with Crippen LogP contribution in [0.2, 0.25) is 0 Å². The molecule has 1 aliphatic rings. The number of hydrogen-bond donors (Lipinski definition) is 3. The quantitative estimate of drug-likeness (QED) is 0.572. The van der Waals surface area contributed by atoms with Gasteiger partial charge in [-0.05, 0) is 60.5 Å². The number of pyridine rings is 1. The zero-order valence-corrected chi connectivity index (χ0v) is 16.6. The Bertz CT molecular complexity index is 1130. The molecule has 0 bridgehead atoms. The average molecular weight is 416 g/mol. The molecule has 3 amide bonds. The van der Waals surface area contributed by atoms with Crippen LogP contribution in [0.1, 0.15) is 22.3 Å². The normalized spacial score (nSPS) is 12.3. The number of anilines is 3. The van der Waals surface area contributed by atoms with Gasteiger partial charge >= 0.3 is 0 Å². The molecule has 2 heterocycles. The molecule has 0 saturated carbocycles. The van der Waals surface area contributed by atoms with Gasteiger partial charge in [0.05, 0.1) is 5.56 Å². The van der Waals surface area contributed by atoms with Crippen LogP contribution in [-0.4, -0.2) is 29.3 Å². The number of aryl methyl sites for hydroxylation is 1. The van der Waals surface area contributed by atoms with Crippen molar-refractivity contribution in [2.24, 2.45) is 0 Å². The summed E-state index contributed by atoms with van der Waals surface area (Å²) in [5.41, 5.74) is 3.28. The molecule has 8 heteroatoms. The van der Waals surface area contributed by atoms with E-state index < -0.39 is 0 Å². The van der Waals surface area contributed by atoms with Gasteiger partial charge in [0.15, 0.2) is 6.61 Å². The number of carbonyl (C=O) groups excluding carboxylic acids is 3. The van der Waals surface area contributed by atoms with Crippen LogP contribution in [0.5, 0.6) is 5.75 Å². The molecule has 0 radical (unpaired) electrons. The number of nitrogens with one attached hydrogen (secondary N) is 3. The number of carbonyl (C=O) groups is 3. The summed E-state index contributed by atoms with van der Waals surface area (Å²) in [5, 5.41) is 8.33. The second-order valence-electron chi connectivity index (χ2n) is 6.98. The Labute approximate surface area is 178 Å². The number of hydrogen-bond acceptors (Lipinski definition) is 5. The maximum absolute atomic E-state index is 12.3. The lowest BCUT2D eigenvalue weighted by Crippen LogP contribution is -2.21. The van der Waals surface area contributed by atoms with Crippen molar-refractivity contribution in [1.82, 2.24) is 4.98 Å². The molecule has 0 aliphatic carbocycles. The molecule has 3 aromatic rings. The lowest BCUT2D eigenvalue weighted by Gasteiger charge is -2.17. The SMILES string of the molecule is O=C(COc1ccc2c(c1)CCC(=O)N2)Nc1cccc(NC(=O)c2cccnc2)c1. The summed E-state index contributed by atoms with van der Waals surface area (Å²) < 4.78 is 5.58. The summed E-state index contributed by atoms with van der Waals surface area (Å²) in [4.78, 5) is 39.9. The summed E-state index contributed by atoms with van der Waals surface area (Å²) in [6.45, 7) is -0.169. The first kappa shape index (κ1) is 20.1. The van der Waals surface area contributed by atoms with Crippen molar-refractivity contribution in [3.05, 3.63) is 78.1 Å². The van der Waals surface area contributed by atoms with Gasteiger partial charge in [-0.15, -0.1) is 0 Å². The van der Waals surface area contributed by atoms with Crippen LogP contribution in [0.25, 0.3) is 0 Å². The maximum Gasteiger partial charge on any atom is 0.262 e. The summed E-state index contributed by atoms with van der Waals surface area (Å²) >= 11 is 0. The van der Waals surface area contributed by atoms with Gasteiger partial charge in [0.2, 0.25) is 5.91 Å². The highest BCUT2D eigenvalue weighted by molar-refractivity contribution is 6.04. The topological polar surface area (TPSA) is 109 Å². The van der Waals surface area contributed by atoms with Gasteiger partial charge in [-0.25, -0.2) is 0 Å². The third-order valence-electron chi connectivity index (χ3n) is 4.67. The summed E-state index contributed by atoms with van der Waals surface area (Å²) in [7, 11) is 0. The lowest BCUT2D eigenvalue weighted by molar-refractivity contribution is -0.118. The van der Waals surface area contributed by atoms with E-state index in [0.717, 1.165) is 11.3 Å². The number of benzene rings is 2. The number of nitrogens with zero attached hydrogens (tertiary/aromatic N) is 1. The molecule has 3 N–H and O–H groups in total. The fourth-order valence-corrected chi connectivity index (χ4v) is 3.17. The maximum atomic E-state index is 12.3. The van der Waals surface area contributed by atoms with E-state index in [1.807, 2.05) is 6.07 Å². The number of rotatable bonds is 6. The van der Waals surface area contributed by atoms with Gasteiger partial charge in [0.1, 0.15) is 5.75 Å². The van der Waals surface area contributed by atoms with Crippen molar-refractivity contribution in [3.63, 3.8) is 0 Å². The predicted octanol–water partition coefficient (Wildman–Crippen LogP) is 3.24. The first-order valence-corrected chi connectivity index (χ1v) is 9.74. The van der Waals surface area contributed by atoms with E-state index in [1.54, 1.807) is 54.7 Å². The Morgan fingerprint density at radius 3 is 2.65 bits per heavy atom. The number of aromatic nitrogens is 1. The van der Waals surface area contributed by atoms with Gasteiger partial charge < -0.3 is 20.7 Å². The minimum atomic E-state index is -0.332. The van der Waals surface area contributed by atoms with Crippen molar-refractivity contribution < 1.29 is 19.1 Å². The van der Waals surface area contributed by atoms with Crippen molar-refractivity contribution in [3.8, 4) is 5.75 Å². The Morgan fingerprint density at radius 1 is 1.00 bits per heavy atom. The van der Waals surface area contributed by atoms with E-state index in [0.29, 0.717) is 35.5 Å². The molecule has 4 rings (SSSR count). The number of fused-ring (bicyclic) bond motifs is 1. The van der Waals surface area contributed by atoms with E-state index in [1.165, 1.54) is 6.20 Å². The molecule has 0 atom stereocenters. The fourth-order valence-electron chi connectivity index (χ4n) is 3.17. The zero-order chi connectivity index (χ0) is 21.6. The molecule has 0 fully saturated rings. The zero-order valence-electron chi connectivity index (χ0n) is 16.6. The highest BCUT2D eigenvalue weighted by atomic mass is 16.5. The molecular weight excluding hydrogens is 396 g/mol. The lowest BCUT2D eigenvalue weighted by atomic mass is 10.0. The Morgan fingerprint density at radius 2 is 1.84 bits per heavy atom. The van der Waals surface area contributed by atoms with Crippen LogP contribution in [0.3, 0.4) is 0 Å². The minimum absolute atomic E-state index is 0.000554. The molecule has 0 unspecified atom stereocenters. The van der Waals surface area contributed by atoms with E-state index in [4.69, 9.17) is 4.74 Å². The van der Waals surface area contributed by atoms with Crippen LogP contribution in [0.4, 0.5) is 17.1 Å². The summed E-state index contributed by atoms with van der Waals surface area (Å²) in [6.07, 6.45) is 4.15. The monoisotopic (exact) mass is 416 g/mol. The van der Waals surface area contributed by atoms with Crippen LogP contribution in [0, 0.1) is 0 Å². The first-order valence-electron chi connectivity index (χ1n) is 9.74. The van der Waals surface area contributed by atoms with Crippen LogP contribution < -0.4 is 20.7 Å². The Hall–Kier alpha value is -4.20. The van der Waals surface area contributed by atoms with Crippen LogP contribution in [0.15, 0.2) is 67.0 Å². The molecular formula is C23H20N4O4. The summed E-state index contributed by atoms with van der Waals surface area (Å²) in [5.74, 6) is -0.0628. The van der Waals surface area contributed by atoms with Crippen molar-refractivity contribution in [2.75, 3.05) is 22.6 Å². The largest absolute Gasteiger partial charge is 0.484 e. The van der Waals surface area contributed by atoms with Crippen molar-refractivity contribution >= 4 is 34.8 Å². The fraction of sp³-hybridized carbons (Fsp3) is 0.130. The summed E-state index contributed by atoms with van der Waals surface area (Å²) in [6, 6.07) is 15.5. The molecule has 1 aromatic heterocycles. The van der Waals surface area contributed by atoms with Gasteiger partial charge in [0, 0.05) is 35.9 Å². The standard InChI is InChI=1S/C23H20N4O4/c28-21-9-6-15-11-19(7-8-20(15)27-21)31-14-22(29)25-17-4-1-5-18(12-17)26-23(30)16-3-2-10-24-13-16/h1-5,7-8,10-13H,6,9,14H2,(H,25,29)(H,26,30)(H,27,28). The molecule has 156 valence electrons. The predicted molar refractivity (Wildman–Crippen MR) is 116 cm³/mol. The molecule has 0 spiro atoms. The third-order valence-corrected chi connectivity index (χ3v) is 4.67. The van der Waals surface area contributed by atoms with Gasteiger partial charge in [-0.3, -0.25) is 19.4 Å². The molecule has 2 aromatic carbocycles. The van der Waals surface area contributed by atoms with Crippen LogP contribution in [-0.2, 0) is 16.0 Å². The van der Waals surface area contributed by atoms with Crippen molar-refractivity contribution in [2.45, 2.75) is 12.8 Å². The molecule has 1 aliphatic heterocycles. The van der Waals surface area contributed by atoms with E-state index in [2.05, 4.69) is 20.9 Å². The molecule has 0 saturated heterocycles. The minimum Gasteiger partial charge on any atom is -0.484 e. The average Bonchev–Trinajstić information content (AvgIpc) is 2.78. The van der Waals surface area contributed by atoms with Crippen LogP contribution >= 0.6 is 0 Å². The Kier molecular flexibility index (Phi) is 5.89. The molecule has 8 nitrogen and oxygen atoms in total. The highest BCUT2D eigenvalue weighted by Gasteiger charge is 2.15.